The Morgan fingerprint density at radius 2 is 1.54 bits per heavy atom. The van der Waals surface area contributed by atoms with Crippen molar-refractivity contribution >= 4 is 5.78 Å². The number of alkyl halides is 6. The summed E-state index contributed by atoms with van der Waals surface area (Å²) in [5, 5.41) is 0. The van der Waals surface area contributed by atoms with Crippen LogP contribution < -0.4 is 9.47 Å². The van der Waals surface area contributed by atoms with Crippen molar-refractivity contribution in [1.29, 1.82) is 0 Å². The van der Waals surface area contributed by atoms with Crippen LogP contribution in [-0.4, -0.2) is 56.9 Å². The Kier molecular flexibility index (Phi) is 6.47. The van der Waals surface area contributed by atoms with Crippen molar-refractivity contribution in [3.63, 3.8) is 0 Å². The van der Waals surface area contributed by atoms with E-state index in [-0.39, 0.29) is 23.6 Å². The highest BCUT2D eigenvalue weighted by molar-refractivity contribution is 6.00. The quantitative estimate of drug-likeness (QED) is 0.553. The number of carbonyl (C=O) groups excluding carboxylic acids is 1. The molecular formula is C14H15F6NO3. The molecule has 0 saturated carbocycles. The molecule has 0 heterocycles. The molecule has 0 aliphatic heterocycles. The van der Waals surface area contributed by atoms with Crippen LogP contribution in [0.25, 0.3) is 0 Å². The number of ketones is 1. The predicted octanol–water partition coefficient (Wildman–Crippen LogP) is 3.31. The van der Waals surface area contributed by atoms with E-state index in [0.29, 0.717) is 0 Å². The maximum Gasteiger partial charge on any atom is 0.422 e. The van der Waals surface area contributed by atoms with E-state index in [1.54, 1.807) is 14.1 Å². The summed E-state index contributed by atoms with van der Waals surface area (Å²) in [6.07, 6.45) is -9.20. The topological polar surface area (TPSA) is 38.8 Å². The van der Waals surface area contributed by atoms with E-state index >= 15 is 0 Å². The number of carbonyl (C=O) groups is 1. The van der Waals surface area contributed by atoms with E-state index in [9.17, 15) is 31.1 Å². The third-order valence-electron chi connectivity index (χ3n) is 2.51. The molecule has 1 aromatic carbocycles. The number of nitrogens with zero attached hydrogens (tertiary/aromatic N) is 1. The Morgan fingerprint density at radius 1 is 1.00 bits per heavy atom. The van der Waals surface area contributed by atoms with Gasteiger partial charge in [0.2, 0.25) is 0 Å². The van der Waals surface area contributed by atoms with Gasteiger partial charge in [-0.05, 0) is 32.3 Å². The minimum absolute atomic E-state index is 0.162. The van der Waals surface area contributed by atoms with Crippen LogP contribution in [0.3, 0.4) is 0 Å². The number of likely N-dealkylation sites (N-methyl/N-ethyl adjacent to an activating group) is 1. The minimum atomic E-state index is -4.62. The molecule has 1 rings (SSSR count). The van der Waals surface area contributed by atoms with Crippen molar-refractivity contribution in [2.45, 2.75) is 12.4 Å². The summed E-state index contributed by atoms with van der Waals surface area (Å²) in [4.78, 5) is 13.5. The van der Waals surface area contributed by atoms with Gasteiger partial charge in [0.05, 0.1) is 12.1 Å². The standard InChI is InChI=1S/C14H15F6NO3/c1-21(2)6-11(22)10-5-9(23-7-13(15,16)17)3-4-12(10)24-8-14(18,19)20/h3-5H,6-8H2,1-2H3. The van der Waals surface area contributed by atoms with E-state index < -0.39 is 31.3 Å². The summed E-state index contributed by atoms with van der Waals surface area (Å²) in [7, 11) is 3.11. The Bertz CT molecular complexity index is 569. The van der Waals surface area contributed by atoms with Crippen LogP contribution in [-0.2, 0) is 0 Å². The molecular weight excluding hydrogens is 344 g/mol. The minimum Gasteiger partial charge on any atom is -0.484 e. The van der Waals surface area contributed by atoms with E-state index in [2.05, 4.69) is 9.47 Å². The largest absolute Gasteiger partial charge is 0.484 e. The normalized spacial score (nSPS) is 12.4. The summed E-state index contributed by atoms with van der Waals surface area (Å²) in [6.45, 7) is -3.37. The number of halogens is 6. The van der Waals surface area contributed by atoms with Crippen LogP contribution in [0.5, 0.6) is 11.5 Å². The van der Waals surface area contributed by atoms with Crippen LogP contribution in [0.4, 0.5) is 26.3 Å². The number of hydrogen-bond donors (Lipinski definition) is 0. The molecule has 0 unspecified atom stereocenters. The molecule has 1 aromatic rings. The lowest BCUT2D eigenvalue weighted by Gasteiger charge is -2.16. The van der Waals surface area contributed by atoms with Gasteiger partial charge in [-0.25, -0.2) is 0 Å². The molecule has 0 spiro atoms. The fraction of sp³-hybridized carbons (Fsp3) is 0.500. The fourth-order valence-electron chi connectivity index (χ4n) is 1.64. The summed E-state index contributed by atoms with van der Waals surface area (Å²) >= 11 is 0. The zero-order valence-corrected chi connectivity index (χ0v) is 12.8. The third-order valence-corrected chi connectivity index (χ3v) is 2.51. The molecule has 0 aliphatic rings. The van der Waals surface area contributed by atoms with Crippen molar-refractivity contribution in [1.82, 2.24) is 4.90 Å². The van der Waals surface area contributed by atoms with Crippen LogP contribution in [0.15, 0.2) is 18.2 Å². The van der Waals surface area contributed by atoms with E-state index in [0.717, 1.165) is 18.2 Å². The second-order valence-electron chi connectivity index (χ2n) is 5.13. The molecule has 136 valence electrons. The molecule has 0 amide bonds. The van der Waals surface area contributed by atoms with Crippen LogP contribution in [0.1, 0.15) is 10.4 Å². The highest BCUT2D eigenvalue weighted by Crippen LogP contribution is 2.28. The van der Waals surface area contributed by atoms with Gasteiger partial charge in [-0.2, -0.15) is 26.3 Å². The third kappa shape index (κ3) is 7.53. The lowest BCUT2D eigenvalue weighted by atomic mass is 10.1. The number of rotatable bonds is 7. The van der Waals surface area contributed by atoms with Gasteiger partial charge in [0.15, 0.2) is 19.0 Å². The molecule has 0 fully saturated rings. The monoisotopic (exact) mass is 359 g/mol. The van der Waals surface area contributed by atoms with Gasteiger partial charge in [-0.3, -0.25) is 4.79 Å². The molecule has 0 bridgehead atoms. The van der Waals surface area contributed by atoms with Crippen molar-refractivity contribution in [3.8, 4) is 11.5 Å². The second-order valence-corrected chi connectivity index (χ2v) is 5.13. The Hall–Kier alpha value is -1.97. The van der Waals surface area contributed by atoms with Gasteiger partial charge in [0, 0.05) is 0 Å². The van der Waals surface area contributed by atoms with Crippen molar-refractivity contribution in [2.24, 2.45) is 0 Å². The smallest absolute Gasteiger partial charge is 0.422 e. The molecule has 24 heavy (non-hydrogen) atoms. The average Bonchev–Trinajstić information content (AvgIpc) is 2.40. The van der Waals surface area contributed by atoms with Gasteiger partial charge < -0.3 is 14.4 Å². The van der Waals surface area contributed by atoms with Crippen molar-refractivity contribution in [3.05, 3.63) is 23.8 Å². The Morgan fingerprint density at radius 3 is 2.04 bits per heavy atom. The average molecular weight is 359 g/mol. The number of ether oxygens (including phenoxy) is 2. The Balaban J connectivity index is 3.02. The fourth-order valence-corrected chi connectivity index (χ4v) is 1.64. The van der Waals surface area contributed by atoms with Gasteiger partial charge >= 0.3 is 12.4 Å². The van der Waals surface area contributed by atoms with Crippen molar-refractivity contribution in [2.75, 3.05) is 33.9 Å². The SMILES string of the molecule is CN(C)CC(=O)c1cc(OCC(F)(F)F)ccc1OCC(F)(F)F. The van der Waals surface area contributed by atoms with Crippen LogP contribution in [0.2, 0.25) is 0 Å². The van der Waals surface area contributed by atoms with E-state index in [4.69, 9.17) is 0 Å². The predicted molar refractivity (Wildman–Crippen MR) is 72.4 cm³/mol. The molecule has 0 atom stereocenters. The maximum absolute atomic E-state index is 12.2. The molecule has 10 heteroatoms. The van der Waals surface area contributed by atoms with E-state index in [1.165, 1.54) is 4.90 Å². The first-order chi connectivity index (χ1) is 10.9. The van der Waals surface area contributed by atoms with Crippen LogP contribution in [0, 0.1) is 0 Å². The van der Waals surface area contributed by atoms with Gasteiger partial charge in [0.25, 0.3) is 0 Å². The van der Waals surface area contributed by atoms with E-state index in [1.807, 2.05) is 0 Å². The summed E-state index contributed by atoms with van der Waals surface area (Å²) in [6, 6.07) is 2.91. The molecule has 0 N–H and O–H groups in total. The number of hydrogen-bond acceptors (Lipinski definition) is 4. The lowest BCUT2D eigenvalue weighted by molar-refractivity contribution is -0.154. The lowest BCUT2D eigenvalue weighted by Crippen LogP contribution is -2.24. The first-order valence-electron chi connectivity index (χ1n) is 6.58. The zero-order chi connectivity index (χ0) is 18.5. The second kappa shape index (κ2) is 7.73. The molecule has 4 nitrogen and oxygen atoms in total. The highest BCUT2D eigenvalue weighted by Gasteiger charge is 2.30. The first-order valence-corrected chi connectivity index (χ1v) is 6.58. The first kappa shape index (κ1) is 20.1. The zero-order valence-electron chi connectivity index (χ0n) is 12.8. The molecule has 0 aromatic heterocycles. The molecule has 0 saturated heterocycles. The van der Waals surface area contributed by atoms with Gasteiger partial charge in [-0.15, -0.1) is 0 Å². The summed E-state index contributed by atoms with van der Waals surface area (Å²) in [5.41, 5.74) is -0.285. The van der Waals surface area contributed by atoms with Gasteiger partial charge in [0.1, 0.15) is 11.5 Å². The van der Waals surface area contributed by atoms with Gasteiger partial charge in [-0.1, -0.05) is 0 Å². The molecule has 0 radical (unpaired) electrons. The summed E-state index contributed by atoms with van der Waals surface area (Å²) < 4.78 is 82.3. The Labute approximate surface area is 133 Å². The molecule has 0 aliphatic carbocycles. The summed E-state index contributed by atoms with van der Waals surface area (Å²) in [5.74, 6) is -1.29. The highest BCUT2D eigenvalue weighted by atomic mass is 19.4. The van der Waals surface area contributed by atoms with Crippen molar-refractivity contribution < 1.29 is 40.6 Å². The number of Topliss-reactive ketones (excluding diaryl/α,β-unsaturated/α-hetero) is 1. The van der Waals surface area contributed by atoms with Crippen LogP contribution >= 0.6 is 0 Å². The number of benzene rings is 1. The maximum atomic E-state index is 12.2.